The Bertz CT molecular complexity index is 675. The van der Waals surface area contributed by atoms with E-state index in [4.69, 9.17) is 9.57 Å². The standard InChI is InChI=1S/C12H17N5O5/c1-12(20)8(19)6(3-18)22-11(12)17-5-15-7-9(16-21-2)13-4-14-10(7)17/h4-6,8,11,18-20H,3H2,1-2H3,(H,13,14,16)/t6?,8?,11?,12-/m1/s1. The molecule has 3 heterocycles. The van der Waals surface area contributed by atoms with Crippen LogP contribution in [0.15, 0.2) is 12.7 Å². The fourth-order valence-electron chi connectivity index (χ4n) is 2.59. The Hall–Kier alpha value is -1.85. The molecule has 10 nitrogen and oxygen atoms in total. The number of hydrogen-bond donors (Lipinski definition) is 4. The van der Waals surface area contributed by atoms with Gasteiger partial charge in [0.2, 0.25) is 0 Å². The smallest absolute Gasteiger partial charge is 0.181 e. The minimum Gasteiger partial charge on any atom is -0.394 e. The van der Waals surface area contributed by atoms with E-state index in [1.165, 1.54) is 31.3 Å². The molecule has 4 atom stereocenters. The summed E-state index contributed by atoms with van der Waals surface area (Å²) in [5.41, 5.74) is 1.79. The van der Waals surface area contributed by atoms with Crippen molar-refractivity contribution in [1.29, 1.82) is 0 Å². The highest BCUT2D eigenvalue weighted by Gasteiger charge is 2.53. The third-order valence-corrected chi connectivity index (χ3v) is 3.74. The van der Waals surface area contributed by atoms with Crippen LogP contribution in [0.2, 0.25) is 0 Å². The van der Waals surface area contributed by atoms with Crippen molar-refractivity contribution >= 4 is 17.0 Å². The summed E-state index contributed by atoms with van der Waals surface area (Å²) in [6.45, 7) is 1.02. The normalized spacial score (nSPS) is 31.8. The predicted molar refractivity (Wildman–Crippen MR) is 73.6 cm³/mol. The van der Waals surface area contributed by atoms with Crippen molar-refractivity contribution in [2.24, 2.45) is 0 Å². The van der Waals surface area contributed by atoms with E-state index < -0.39 is 30.6 Å². The molecule has 0 aromatic carbocycles. The molecule has 0 bridgehead atoms. The monoisotopic (exact) mass is 311 g/mol. The van der Waals surface area contributed by atoms with Crippen molar-refractivity contribution in [2.45, 2.75) is 31.0 Å². The molecule has 120 valence electrons. The summed E-state index contributed by atoms with van der Waals surface area (Å²) in [6, 6.07) is 0. The Kier molecular flexibility index (Phi) is 3.70. The van der Waals surface area contributed by atoms with Crippen LogP contribution in [-0.2, 0) is 9.57 Å². The van der Waals surface area contributed by atoms with E-state index in [0.717, 1.165) is 0 Å². The summed E-state index contributed by atoms with van der Waals surface area (Å²) < 4.78 is 7.03. The Balaban J connectivity index is 2.06. The van der Waals surface area contributed by atoms with Crippen molar-refractivity contribution in [3.05, 3.63) is 12.7 Å². The largest absolute Gasteiger partial charge is 0.394 e. The maximum atomic E-state index is 10.5. The Morgan fingerprint density at radius 3 is 2.86 bits per heavy atom. The van der Waals surface area contributed by atoms with Gasteiger partial charge in [-0.05, 0) is 6.92 Å². The van der Waals surface area contributed by atoms with Crippen molar-refractivity contribution < 1.29 is 24.9 Å². The molecule has 22 heavy (non-hydrogen) atoms. The molecule has 0 amide bonds. The van der Waals surface area contributed by atoms with E-state index in [-0.39, 0.29) is 0 Å². The molecule has 3 unspecified atom stereocenters. The van der Waals surface area contributed by atoms with Crippen LogP contribution in [-0.4, -0.2) is 66.4 Å². The number of ether oxygens (including phenoxy) is 1. The number of nitrogens with one attached hydrogen (secondary N) is 1. The molecular weight excluding hydrogens is 294 g/mol. The van der Waals surface area contributed by atoms with E-state index in [1.807, 2.05) is 0 Å². The first-order chi connectivity index (χ1) is 10.5. The van der Waals surface area contributed by atoms with Gasteiger partial charge in [0.25, 0.3) is 0 Å². The first kappa shape index (κ1) is 15.1. The highest BCUT2D eigenvalue weighted by molar-refractivity contribution is 5.82. The molecule has 1 fully saturated rings. The van der Waals surface area contributed by atoms with Crippen LogP contribution in [0.1, 0.15) is 13.2 Å². The quantitative estimate of drug-likeness (QED) is 0.513. The highest BCUT2D eigenvalue weighted by atomic mass is 16.6. The summed E-state index contributed by atoms with van der Waals surface area (Å²) in [5.74, 6) is 0.364. The van der Waals surface area contributed by atoms with Crippen molar-refractivity contribution in [3.8, 4) is 0 Å². The number of aliphatic hydroxyl groups excluding tert-OH is 2. The van der Waals surface area contributed by atoms with E-state index in [1.54, 1.807) is 0 Å². The van der Waals surface area contributed by atoms with Gasteiger partial charge in [-0.2, -0.15) is 0 Å². The van der Waals surface area contributed by atoms with Crippen molar-refractivity contribution in [2.75, 3.05) is 19.2 Å². The SMILES string of the molecule is CONc1ncnc2c1ncn2C1OC(CO)C(O)[C@@]1(C)O. The Morgan fingerprint density at radius 1 is 1.45 bits per heavy atom. The molecule has 0 saturated carbocycles. The highest BCUT2D eigenvalue weighted by Crippen LogP contribution is 2.39. The molecule has 3 rings (SSSR count). The number of rotatable bonds is 4. The molecule has 0 spiro atoms. The average molecular weight is 311 g/mol. The molecule has 1 aliphatic heterocycles. The number of aliphatic hydroxyl groups is 3. The zero-order valence-electron chi connectivity index (χ0n) is 12.0. The van der Waals surface area contributed by atoms with Gasteiger partial charge < -0.3 is 20.1 Å². The topological polar surface area (TPSA) is 135 Å². The lowest BCUT2D eigenvalue weighted by atomic mass is 9.96. The number of imidazole rings is 1. The number of hydrogen-bond acceptors (Lipinski definition) is 9. The van der Waals surface area contributed by atoms with Crippen LogP contribution in [0.4, 0.5) is 5.82 Å². The van der Waals surface area contributed by atoms with Gasteiger partial charge in [0.05, 0.1) is 20.0 Å². The zero-order valence-corrected chi connectivity index (χ0v) is 12.0. The maximum absolute atomic E-state index is 10.5. The van der Waals surface area contributed by atoms with Crippen LogP contribution in [0.3, 0.4) is 0 Å². The fourth-order valence-corrected chi connectivity index (χ4v) is 2.59. The lowest BCUT2D eigenvalue weighted by Crippen LogP contribution is -2.44. The van der Waals surface area contributed by atoms with Crippen molar-refractivity contribution in [3.63, 3.8) is 0 Å². The van der Waals surface area contributed by atoms with E-state index in [2.05, 4.69) is 20.4 Å². The van der Waals surface area contributed by atoms with Gasteiger partial charge in [-0.15, -0.1) is 0 Å². The number of nitrogens with zero attached hydrogens (tertiary/aromatic N) is 4. The molecule has 0 radical (unpaired) electrons. The average Bonchev–Trinajstić information content (AvgIpc) is 3.01. The predicted octanol–water partition coefficient (Wildman–Crippen LogP) is -1.20. The Morgan fingerprint density at radius 2 is 2.23 bits per heavy atom. The van der Waals surface area contributed by atoms with Crippen LogP contribution in [0, 0.1) is 0 Å². The summed E-state index contributed by atoms with van der Waals surface area (Å²) in [4.78, 5) is 17.1. The molecule has 10 heteroatoms. The second kappa shape index (κ2) is 5.41. The van der Waals surface area contributed by atoms with E-state index >= 15 is 0 Å². The van der Waals surface area contributed by atoms with E-state index in [9.17, 15) is 15.3 Å². The number of fused-ring (bicyclic) bond motifs is 1. The molecule has 2 aromatic heterocycles. The second-order valence-electron chi connectivity index (χ2n) is 5.23. The van der Waals surface area contributed by atoms with Gasteiger partial charge in [0.15, 0.2) is 23.2 Å². The Labute approximate surface area is 125 Å². The second-order valence-corrected chi connectivity index (χ2v) is 5.23. The number of anilines is 1. The minimum absolute atomic E-state index is 0.364. The lowest BCUT2D eigenvalue weighted by molar-refractivity contribution is -0.0950. The minimum atomic E-state index is -1.61. The van der Waals surface area contributed by atoms with E-state index in [0.29, 0.717) is 17.0 Å². The first-order valence-corrected chi connectivity index (χ1v) is 6.64. The first-order valence-electron chi connectivity index (χ1n) is 6.64. The summed E-state index contributed by atoms with van der Waals surface area (Å²) in [6.07, 6.45) is -0.346. The molecule has 0 aliphatic carbocycles. The number of aromatic nitrogens is 4. The molecule has 2 aromatic rings. The molecule has 4 N–H and O–H groups in total. The van der Waals surface area contributed by atoms with Gasteiger partial charge >= 0.3 is 0 Å². The van der Waals surface area contributed by atoms with Crippen LogP contribution < -0.4 is 5.48 Å². The summed E-state index contributed by atoms with van der Waals surface area (Å²) in [7, 11) is 1.44. The molecule has 1 saturated heterocycles. The third-order valence-electron chi connectivity index (χ3n) is 3.74. The lowest BCUT2D eigenvalue weighted by Gasteiger charge is -2.27. The maximum Gasteiger partial charge on any atom is 0.181 e. The summed E-state index contributed by atoms with van der Waals surface area (Å²) >= 11 is 0. The molecule has 1 aliphatic rings. The van der Waals surface area contributed by atoms with Crippen molar-refractivity contribution in [1.82, 2.24) is 19.5 Å². The van der Waals surface area contributed by atoms with Crippen LogP contribution in [0.25, 0.3) is 11.2 Å². The third kappa shape index (κ3) is 2.12. The van der Waals surface area contributed by atoms with Gasteiger partial charge in [0, 0.05) is 0 Å². The fraction of sp³-hybridized carbons (Fsp3) is 0.583. The van der Waals surface area contributed by atoms with Gasteiger partial charge in [-0.3, -0.25) is 9.40 Å². The van der Waals surface area contributed by atoms with Crippen LogP contribution >= 0.6 is 0 Å². The molecular formula is C12H17N5O5. The summed E-state index contributed by atoms with van der Waals surface area (Å²) in [5, 5.41) is 29.8. The van der Waals surface area contributed by atoms with Gasteiger partial charge in [-0.1, -0.05) is 0 Å². The van der Waals surface area contributed by atoms with Gasteiger partial charge in [0.1, 0.15) is 24.1 Å². The zero-order chi connectivity index (χ0) is 15.9. The van der Waals surface area contributed by atoms with Gasteiger partial charge in [-0.25, -0.2) is 20.4 Å². The van der Waals surface area contributed by atoms with Crippen LogP contribution in [0.5, 0.6) is 0 Å².